The average molecular weight is 363 g/mol. The van der Waals surface area contributed by atoms with E-state index in [1.807, 2.05) is 48.5 Å². The van der Waals surface area contributed by atoms with E-state index in [1.165, 1.54) is 11.0 Å². The zero-order valence-corrected chi connectivity index (χ0v) is 16.6. The minimum Gasteiger partial charge on any atom is -0.444 e. The fraction of sp³-hybridized carbons (Fsp3) is 0.632. The van der Waals surface area contributed by atoms with Gasteiger partial charge < -0.3 is 14.0 Å². The second kappa shape index (κ2) is 5.96. The van der Waals surface area contributed by atoms with Gasteiger partial charge in [0.25, 0.3) is 0 Å². The van der Waals surface area contributed by atoms with Gasteiger partial charge in [0, 0.05) is 12.1 Å². The number of halogens is 1. The second-order valence-electron chi connectivity index (χ2n) is 9.02. The molecule has 1 amide bonds. The molecule has 7 heteroatoms. The second-order valence-corrected chi connectivity index (χ2v) is 9.02. The number of hydrogen-bond acceptors (Lipinski definition) is 4. The van der Waals surface area contributed by atoms with Crippen molar-refractivity contribution in [3.8, 4) is 0 Å². The van der Waals surface area contributed by atoms with Crippen molar-refractivity contribution in [2.45, 2.75) is 78.4 Å². The van der Waals surface area contributed by atoms with Gasteiger partial charge in [0.05, 0.1) is 17.7 Å². The predicted molar refractivity (Wildman–Crippen MR) is 97.6 cm³/mol. The highest BCUT2D eigenvalue weighted by Crippen LogP contribution is 2.37. The highest BCUT2D eigenvalue weighted by Gasteiger charge is 2.52. The Morgan fingerprint density at radius 2 is 1.65 bits per heavy atom. The van der Waals surface area contributed by atoms with Crippen LogP contribution in [0.2, 0.25) is 0 Å². The van der Waals surface area contributed by atoms with Crippen molar-refractivity contribution in [3.05, 3.63) is 29.1 Å². The lowest BCUT2D eigenvalue weighted by Gasteiger charge is -2.32. The van der Waals surface area contributed by atoms with Crippen LogP contribution < -0.4 is 5.46 Å². The quantitative estimate of drug-likeness (QED) is 0.718. The number of fused-ring (bicyclic) bond motifs is 1. The molecule has 0 radical (unpaired) electrons. The molecule has 0 aromatic heterocycles. The SMILES string of the molecule is CC(C)(C)OC(=O)N1Cc2c(F)ccc(B3OC(C)(C)C(C)(C)O3)c2C1. The van der Waals surface area contributed by atoms with Crippen LogP contribution in [0.25, 0.3) is 0 Å². The Morgan fingerprint density at radius 3 is 2.19 bits per heavy atom. The van der Waals surface area contributed by atoms with E-state index in [9.17, 15) is 9.18 Å². The molecule has 2 aliphatic rings. The van der Waals surface area contributed by atoms with Crippen molar-refractivity contribution in [2.24, 2.45) is 0 Å². The summed E-state index contributed by atoms with van der Waals surface area (Å²) < 4.78 is 32.0. The number of carbonyl (C=O) groups excluding carboxylic acids is 1. The molecule has 1 aromatic rings. The molecule has 142 valence electrons. The molecule has 1 aromatic carbocycles. The smallest absolute Gasteiger partial charge is 0.444 e. The molecule has 0 atom stereocenters. The molecule has 1 saturated heterocycles. The Bertz CT molecular complexity index is 726. The van der Waals surface area contributed by atoms with Gasteiger partial charge >= 0.3 is 13.2 Å². The van der Waals surface area contributed by atoms with Crippen LogP contribution in [0.15, 0.2) is 12.1 Å². The Labute approximate surface area is 154 Å². The average Bonchev–Trinajstić information content (AvgIpc) is 2.98. The van der Waals surface area contributed by atoms with E-state index >= 15 is 0 Å². The van der Waals surface area contributed by atoms with E-state index < -0.39 is 30.0 Å². The molecular formula is C19H27BFNO4. The summed E-state index contributed by atoms with van der Waals surface area (Å²) in [6, 6.07) is 3.10. The van der Waals surface area contributed by atoms with E-state index in [2.05, 4.69) is 0 Å². The normalized spacial score (nSPS) is 21.1. The van der Waals surface area contributed by atoms with Gasteiger partial charge in [0.2, 0.25) is 0 Å². The molecule has 26 heavy (non-hydrogen) atoms. The monoisotopic (exact) mass is 363 g/mol. The third-order valence-corrected chi connectivity index (χ3v) is 5.27. The third-order valence-electron chi connectivity index (χ3n) is 5.27. The minimum absolute atomic E-state index is 0.184. The first kappa shape index (κ1) is 19.2. The predicted octanol–water partition coefficient (Wildman–Crippen LogP) is 3.38. The van der Waals surface area contributed by atoms with Crippen LogP contribution in [0.5, 0.6) is 0 Å². The topological polar surface area (TPSA) is 48.0 Å². The van der Waals surface area contributed by atoms with Crippen LogP contribution in [0.1, 0.15) is 59.6 Å². The van der Waals surface area contributed by atoms with E-state index in [1.54, 1.807) is 6.07 Å². The van der Waals surface area contributed by atoms with Gasteiger partial charge in [-0.15, -0.1) is 0 Å². The number of benzene rings is 1. The summed E-state index contributed by atoms with van der Waals surface area (Å²) >= 11 is 0. The van der Waals surface area contributed by atoms with Crippen LogP contribution in [-0.2, 0) is 27.1 Å². The van der Waals surface area contributed by atoms with Crippen molar-refractivity contribution in [2.75, 3.05) is 0 Å². The van der Waals surface area contributed by atoms with Gasteiger partial charge in [-0.05, 0) is 65.6 Å². The first-order chi connectivity index (χ1) is 11.8. The van der Waals surface area contributed by atoms with Crippen molar-refractivity contribution >= 4 is 18.7 Å². The van der Waals surface area contributed by atoms with E-state index in [-0.39, 0.29) is 18.9 Å². The maximum Gasteiger partial charge on any atom is 0.495 e. The molecule has 1 fully saturated rings. The van der Waals surface area contributed by atoms with Crippen molar-refractivity contribution in [1.82, 2.24) is 4.90 Å². The third kappa shape index (κ3) is 3.34. The summed E-state index contributed by atoms with van der Waals surface area (Å²) in [4.78, 5) is 13.9. The summed E-state index contributed by atoms with van der Waals surface area (Å²) in [6.07, 6.45) is -0.451. The molecule has 0 spiro atoms. The summed E-state index contributed by atoms with van der Waals surface area (Å²) in [7, 11) is -0.590. The van der Waals surface area contributed by atoms with Gasteiger partial charge in [-0.1, -0.05) is 6.07 Å². The van der Waals surface area contributed by atoms with Crippen molar-refractivity contribution in [1.29, 1.82) is 0 Å². The van der Waals surface area contributed by atoms with Crippen LogP contribution in [-0.4, -0.2) is 34.9 Å². The summed E-state index contributed by atoms with van der Waals surface area (Å²) in [5.41, 5.74) is 0.451. The van der Waals surface area contributed by atoms with Crippen molar-refractivity contribution in [3.63, 3.8) is 0 Å². The number of hydrogen-bond donors (Lipinski definition) is 0. The Hall–Kier alpha value is -1.60. The van der Waals surface area contributed by atoms with Gasteiger partial charge in [0.1, 0.15) is 11.4 Å². The first-order valence-electron chi connectivity index (χ1n) is 8.94. The summed E-state index contributed by atoms with van der Waals surface area (Å²) in [5.74, 6) is -0.327. The largest absolute Gasteiger partial charge is 0.495 e. The van der Waals surface area contributed by atoms with E-state index in [4.69, 9.17) is 14.0 Å². The zero-order valence-electron chi connectivity index (χ0n) is 16.6. The molecule has 2 aliphatic heterocycles. The lowest BCUT2D eigenvalue weighted by atomic mass is 9.75. The van der Waals surface area contributed by atoms with Crippen LogP contribution in [0.4, 0.5) is 9.18 Å². The van der Waals surface area contributed by atoms with Gasteiger partial charge in [-0.25, -0.2) is 9.18 Å². The van der Waals surface area contributed by atoms with E-state index in [0.717, 1.165) is 11.0 Å². The molecule has 0 bridgehead atoms. The van der Waals surface area contributed by atoms with Crippen molar-refractivity contribution < 1.29 is 23.2 Å². The maximum absolute atomic E-state index is 14.4. The fourth-order valence-electron chi connectivity index (χ4n) is 3.12. The van der Waals surface area contributed by atoms with E-state index in [0.29, 0.717) is 5.56 Å². The van der Waals surface area contributed by atoms with Crippen LogP contribution in [0.3, 0.4) is 0 Å². The van der Waals surface area contributed by atoms with Crippen LogP contribution in [0, 0.1) is 5.82 Å². The maximum atomic E-state index is 14.4. The fourth-order valence-corrected chi connectivity index (χ4v) is 3.12. The molecule has 3 rings (SSSR count). The number of rotatable bonds is 1. The molecule has 0 saturated carbocycles. The number of amides is 1. The molecule has 2 heterocycles. The van der Waals surface area contributed by atoms with Gasteiger partial charge in [-0.3, -0.25) is 4.90 Å². The number of carbonyl (C=O) groups is 1. The number of nitrogens with zero attached hydrogens (tertiary/aromatic N) is 1. The lowest BCUT2D eigenvalue weighted by molar-refractivity contribution is 0.00578. The highest BCUT2D eigenvalue weighted by atomic mass is 19.1. The zero-order chi connectivity index (χ0) is 19.5. The molecule has 0 unspecified atom stereocenters. The molecule has 5 nitrogen and oxygen atoms in total. The highest BCUT2D eigenvalue weighted by molar-refractivity contribution is 6.62. The first-order valence-corrected chi connectivity index (χ1v) is 8.94. The lowest BCUT2D eigenvalue weighted by Crippen LogP contribution is -2.41. The Morgan fingerprint density at radius 1 is 1.12 bits per heavy atom. The minimum atomic E-state index is -0.598. The number of ether oxygens (including phenoxy) is 1. The van der Waals surface area contributed by atoms with Crippen LogP contribution >= 0.6 is 0 Å². The standard InChI is InChI=1S/C19H27BFNO4/c1-17(2,3)24-16(23)22-10-12-13(11-22)15(21)9-8-14(12)20-25-18(4,5)19(6,7)26-20/h8-9H,10-11H2,1-7H3. The summed E-state index contributed by atoms with van der Waals surface area (Å²) in [5, 5.41) is 0. The Balaban J connectivity index is 1.88. The summed E-state index contributed by atoms with van der Waals surface area (Å²) in [6.45, 7) is 13.8. The molecular weight excluding hydrogens is 336 g/mol. The molecule has 0 N–H and O–H groups in total. The Kier molecular flexibility index (Phi) is 4.39. The van der Waals surface area contributed by atoms with Gasteiger partial charge in [-0.2, -0.15) is 0 Å². The van der Waals surface area contributed by atoms with Gasteiger partial charge in [0.15, 0.2) is 0 Å². The molecule has 0 aliphatic carbocycles.